The zero-order valence-electron chi connectivity index (χ0n) is 17.3. The lowest BCUT2D eigenvalue weighted by Gasteiger charge is -2.12. The fourth-order valence-electron chi connectivity index (χ4n) is 3.22. The van der Waals surface area contributed by atoms with Crippen LogP contribution in [0, 0.1) is 10.5 Å². The van der Waals surface area contributed by atoms with Crippen LogP contribution in [-0.2, 0) is 17.9 Å². The van der Waals surface area contributed by atoms with Crippen molar-refractivity contribution >= 4 is 56.5 Å². The van der Waals surface area contributed by atoms with Gasteiger partial charge in [0.05, 0.1) is 10.1 Å². The fraction of sp³-hybridized carbons (Fsp3) is 0.120. The highest BCUT2D eigenvalue weighted by atomic mass is 127. The van der Waals surface area contributed by atoms with Crippen molar-refractivity contribution in [3.05, 3.63) is 103 Å². The van der Waals surface area contributed by atoms with Crippen LogP contribution in [0.15, 0.2) is 76.9 Å². The van der Waals surface area contributed by atoms with Crippen molar-refractivity contribution in [1.82, 2.24) is 10.2 Å². The third kappa shape index (κ3) is 5.39. The van der Waals surface area contributed by atoms with Crippen molar-refractivity contribution < 1.29 is 14.3 Å². The molecule has 0 saturated carbocycles. The average Bonchev–Trinajstić information content (AvgIpc) is 3.03. The van der Waals surface area contributed by atoms with Gasteiger partial charge in [-0.2, -0.15) is 0 Å². The van der Waals surface area contributed by atoms with Gasteiger partial charge in [0.1, 0.15) is 18.1 Å². The molecule has 3 aromatic rings. The number of amides is 3. The molecule has 1 aliphatic heterocycles. The first-order chi connectivity index (χ1) is 15.4. The molecule has 1 N–H and O–H groups in total. The molecule has 1 aliphatic rings. The Morgan fingerprint density at radius 1 is 1.00 bits per heavy atom. The molecule has 3 aromatic carbocycles. The van der Waals surface area contributed by atoms with E-state index >= 15 is 0 Å². The molecule has 0 aromatic heterocycles. The minimum atomic E-state index is -0.411. The van der Waals surface area contributed by atoms with Gasteiger partial charge in [0.2, 0.25) is 0 Å². The number of rotatable bonds is 6. The van der Waals surface area contributed by atoms with E-state index in [2.05, 4.69) is 43.8 Å². The second kappa shape index (κ2) is 9.87. The SMILES string of the molecule is Cc1ccc(CN2C(=O)N/C(=C/c3ccc(OCc4ccc(Br)cc4)c(I)c3)C2=O)cc1. The Hall–Kier alpha value is -2.65. The number of nitrogens with one attached hydrogen (secondary N) is 1. The summed E-state index contributed by atoms with van der Waals surface area (Å²) in [4.78, 5) is 26.3. The normalized spacial score (nSPS) is 14.7. The third-order valence-electron chi connectivity index (χ3n) is 5.00. The van der Waals surface area contributed by atoms with Crippen molar-refractivity contribution in [2.24, 2.45) is 0 Å². The quantitative estimate of drug-likeness (QED) is 0.213. The van der Waals surface area contributed by atoms with Gasteiger partial charge in [-0.3, -0.25) is 9.69 Å². The minimum absolute atomic E-state index is 0.239. The van der Waals surface area contributed by atoms with E-state index in [0.29, 0.717) is 6.61 Å². The molecule has 0 aliphatic carbocycles. The molecular formula is C25H20BrIN2O3. The molecule has 0 bridgehead atoms. The van der Waals surface area contributed by atoms with Crippen LogP contribution in [0.25, 0.3) is 6.08 Å². The molecule has 1 fully saturated rings. The number of nitrogens with zero attached hydrogens (tertiary/aromatic N) is 1. The number of urea groups is 1. The molecule has 1 heterocycles. The Kier molecular flexibility index (Phi) is 6.95. The standard InChI is InChI=1S/C25H20BrIN2O3/c1-16-2-4-17(5-3-16)14-29-24(30)22(28-25(29)31)13-19-8-11-23(21(27)12-19)32-15-18-6-9-20(26)10-7-18/h2-13H,14-15H2,1H3,(H,28,31)/b22-13+. The number of carbonyl (C=O) groups is 2. The van der Waals surface area contributed by atoms with Crippen LogP contribution in [0.3, 0.4) is 0 Å². The Morgan fingerprint density at radius 2 is 1.69 bits per heavy atom. The van der Waals surface area contributed by atoms with E-state index in [0.717, 1.165) is 36.0 Å². The van der Waals surface area contributed by atoms with Crippen molar-refractivity contribution in [2.75, 3.05) is 0 Å². The van der Waals surface area contributed by atoms with Crippen LogP contribution in [0.1, 0.15) is 22.3 Å². The maximum Gasteiger partial charge on any atom is 0.329 e. The van der Waals surface area contributed by atoms with Gasteiger partial charge in [0.15, 0.2) is 0 Å². The number of aryl methyl sites for hydroxylation is 1. The Morgan fingerprint density at radius 3 is 2.38 bits per heavy atom. The van der Waals surface area contributed by atoms with Crippen LogP contribution in [0.2, 0.25) is 0 Å². The van der Waals surface area contributed by atoms with E-state index in [1.807, 2.05) is 73.7 Å². The molecular weight excluding hydrogens is 583 g/mol. The maximum atomic E-state index is 12.8. The summed E-state index contributed by atoms with van der Waals surface area (Å²) in [6.45, 7) is 2.70. The molecule has 0 unspecified atom stereocenters. The molecule has 32 heavy (non-hydrogen) atoms. The summed E-state index contributed by atoms with van der Waals surface area (Å²) in [7, 11) is 0. The van der Waals surface area contributed by atoms with Crippen LogP contribution in [0.4, 0.5) is 4.79 Å². The van der Waals surface area contributed by atoms with E-state index in [4.69, 9.17) is 4.74 Å². The van der Waals surface area contributed by atoms with E-state index in [1.165, 1.54) is 4.90 Å². The first-order valence-corrected chi connectivity index (χ1v) is 11.8. The lowest BCUT2D eigenvalue weighted by atomic mass is 10.1. The average molecular weight is 603 g/mol. The molecule has 0 atom stereocenters. The lowest BCUT2D eigenvalue weighted by molar-refractivity contribution is -0.123. The number of benzene rings is 3. The summed E-state index contributed by atoms with van der Waals surface area (Å²) in [5.41, 5.74) is 4.18. The van der Waals surface area contributed by atoms with Gasteiger partial charge in [-0.05, 0) is 76.5 Å². The highest BCUT2D eigenvalue weighted by Gasteiger charge is 2.33. The maximum absolute atomic E-state index is 12.8. The van der Waals surface area contributed by atoms with E-state index in [1.54, 1.807) is 6.08 Å². The summed E-state index contributed by atoms with van der Waals surface area (Å²) in [5, 5.41) is 2.68. The van der Waals surface area contributed by atoms with E-state index in [-0.39, 0.29) is 18.1 Å². The summed E-state index contributed by atoms with van der Waals surface area (Å²) in [5.74, 6) is 0.430. The summed E-state index contributed by atoms with van der Waals surface area (Å²) in [6.07, 6.45) is 1.69. The predicted octanol–water partition coefficient (Wildman–Crippen LogP) is 6.03. The number of hydrogen-bond donors (Lipinski definition) is 1. The smallest absolute Gasteiger partial charge is 0.329 e. The molecule has 0 spiro atoms. The number of ether oxygens (including phenoxy) is 1. The fourth-order valence-corrected chi connectivity index (χ4v) is 4.18. The lowest BCUT2D eigenvalue weighted by Crippen LogP contribution is -2.30. The topological polar surface area (TPSA) is 58.6 Å². The molecule has 3 amide bonds. The highest BCUT2D eigenvalue weighted by molar-refractivity contribution is 14.1. The van der Waals surface area contributed by atoms with Crippen LogP contribution in [-0.4, -0.2) is 16.8 Å². The van der Waals surface area contributed by atoms with E-state index < -0.39 is 6.03 Å². The summed E-state index contributed by atoms with van der Waals surface area (Å²) in [6, 6.07) is 21.0. The Balaban J connectivity index is 1.44. The zero-order chi connectivity index (χ0) is 22.7. The third-order valence-corrected chi connectivity index (χ3v) is 6.37. The largest absolute Gasteiger partial charge is 0.488 e. The van der Waals surface area contributed by atoms with Gasteiger partial charge >= 0.3 is 6.03 Å². The van der Waals surface area contributed by atoms with Gasteiger partial charge in [-0.15, -0.1) is 0 Å². The molecule has 7 heteroatoms. The van der Waals surface area contributed by atoms with Crippen molar-refractivity contribution in [1.29, 1.82) is 0 Å². The number of halogens is 2. The van der Waals surface area contributed by atoms with Gasteiger partial charge < -0.3 is 10.1 Å². The van der Waals surface area contributed by atoms with Gasteiger partial charge in [-0.25, -0.2) is 4.79 Å². The molecule has 4 rings (SSSR count). The minimum Gasteiger partial charge on any atom is -0.488 e. The molecule has 5 nitrogen and oxygen atoms in total. The molecule has 162 valence electrons. The molecule has 0 radical (unpaired) electrons. The van der Waals surface area contributed by atoms with Gasteiger partial charge in [0.25, 0.3) is 5.91 Å². The summed E-state index contributed by atoms with van der Waals surface area (Å²) >= 11 is 5.63. The highest BCUT2D eigenvalue weighted by Crippen LogP contribution is 2.25. The Bertz CT molecular complexity index is 1190. The van der Waals surface area contributed by atoms with Crippen LogP contribution >= 0.6 is 38.5 Å². The summed E-state index contributed by atoms with van der Waals surface area (Å²) < 4.78 is 7.88. The monoisotopic (exact) mass is 602 g/mol. The number of imide groups is 1. The predicted molar refractivity (Wildman–Crippen MR) is 136 cm³/mol. The van der Waals surface area contributed by atoms with Gasteiger partial charge in [-0.1, -0.05) is 64.0 Å². The second-order valence-corrected chi connectivity index (χ2v) is 9.55. The molecule has 1 saturated heterocycles. The van der Waals surface area contributed by atoms with Gasteiger partial charge in [0, 0.05) is 4.47 Å². The van der Waals surface area contributed by atoms with Crippen molar-refractivity contribution in [3.8, 4) is 5.75 Å². The Labute approximate surface area is 208 Å². The number of carbonyl (C=O) groups excluding carboxylic acids is 2. The van der Waals surface area contributed by atoms with Crippen molar-refractivity contribution in [2.45, 2.75) is 20.1 Å². The second-order valence-electron chi connectivity index (χ2n) is 7.47. The van der Waals surface area contributed by atoms with Crippen LogP contribution in [0.5, 0.6) is 5.75 Å². The van der Waals surface area contributed by atoms with E-state index in [9.17, 15) is 9.59 Å². The van der Waals surface area contributed by atoms with Crippen LogP contribution < -0.4 is 10.1 Å². The first kappa shape index (κ1) is 22.5. The zero-order valence-corrected chi connectivity index (χ0v) is 21.0. The number of hydrogen-bond acceptors (Lipinski definition) is 3. The first-order valence-electron chi connectivity index (χ1n) is 9.96. The van der Waals surface area contributed by atoms with Crippen molar-refractivity contribution in [3.63, 3.8) is 0 Å².